The van der Waals surface area contributed by atoms with Gasteiger partial charge in [-0.1, -0.05) is 19.9 Å². The van der Waals surface area contributed by atoms with Crippen molar-refractivity contribution < 1.29 is 9.47 Å². The molecule has 0 spiro atoms. The Morgan fingerprint density at radius 2 is 2.14 bits per heavy atom. The summed E-state index contributed by atoms with van der Waals surface area (Å²) in [6.45, 7) is 5.83. The normalized spacial score (nSPS) is 18.7. The smallest absolute Gasteiger partial charge is 0.0809 e. The third-order valence-corrected chi connectivity index (χ3v) is 2.63. The van der Waals surface area contributed by atoms with E-state index in [0.717, 1.165) is 0 Å². The van der Waals surface area contributed by atoms with Gasteiger partial charge in [0, 0.05) is 7.11 Å². The lowest BCUT2D eigenvalue weighted by atomic mass is 9.98. The van der Waals surface area contributed by atoms with Crippen LogP contribution in [0.1, 0.15) is 33.1 Å². The molecule has 82 valence electrons. The molecule has 0 saturated carbocycles. The minimum Gasteiger partial charge on any atom is -0.382 e. The van der Waals surface area contributed by atoms with E-state index in [4.69, 9.17) is 9.47 Å². The molecule has 0 aromatic rings. The zero-order valence-electron chi connectivity index (χ0n) is 9.58. The summed E-state index contributed by atoms with van der Waals surface area (Å²) < 4.78 is 10.8. The van der Waals surface area contributed by atoms with E-state index in [0.29, 0.717) is 25.2 Å². The maximum atomic E-state index is 5.83. The van der Waals surface area contributed by atoms with Crippen LogP contribution in [-0.4, -0.2) is 26.4 Å². The molecule has 1 aliphatic rings. The topological polar surface area (TPSA) is 18.5 Å². The number of hydrogen-bond acceptors (Lipinski definition) is 2. The fraction of sp³-hybridized carbons (Fsp3) is 0.833. The van der Waals surface area contributed by atoms with Crippen molar-refractivity contribution in [2.45, 2.75) is 39.2 Å². The van der Waals surface area contributed by atoms with E-state index >= 15 is 0 Å². The highest BCUT2D eigenvalue weighted by Gasteiger charge is 2.20. The molecule has 0 aromatic heterocycles. The third-order valence-electron chi connectivity index (χ3n) is 2.63. The maximum absolute atomic E-state index is 5.83. The van der Waals surface area contributed by atoms with E-state index in [2.05, 4.69) is 19.9 Å². The van der Waals surface area contributed by atoms with Crippen molar-refractivity contribution in [1.82, 2.24) is 0 Å². The average molecular weight is 198 g/mol. The second kappa shape index (κ2) is 6.20. The molecule has 1 aliphatic carbocycles. The molecule has 1 rings (SSSR count). The van der Waals surface area contributed by atoms with Crippen LogP contribution in [0.25, 0.3) is 0 Å². The Hall–Kier alpha value is -0.340. The van der Waals surface area contributed by atoms with E-state index in [1.165, 1.54) is 24.8 Å². The first-order chi connectivity index (χ1) is 6.75. The third kappa shape index (κ3) is 3.43. The Morgan fingerprint density at radius 3 is 2.64 bits per heavy atom. The lowest BCUT2D eigenvalue weighted by Gasteiger charge is -2.22. The molecule has 2 nitrogen and oxygen atoms in total. The minimum atomic E-state index is 0.313. The van der Waals surface area contributed by atoms with Gasteiger partial charge >= 0.3 is 0 Å². The summed E-state index contributed by atoms with van der Waals surface area (Å²) in [7, 11) is 1.71. The lowest BCUT2D eigenvalue weighted by molar-refractivity contribution is 0.0127. The number of rotatable bonds is 6. The Balaban J connectivity index is 2.38. The fourth-order valence-electron chi connectivity index (χ4n) is 1.94. The molecule has 0 bridgehead atoms. The van der Waals surface area contributed by atoms with Crippen molar-refractivity contribution in [3.05, 3.63) is 11.6 Å². The van der Waals surface area contributed by atoms with Crippen LogP contribution < -0.4 is 0 Å². The van der Waals surface area contributed by atoms with Crippen LogP contribution in [0, 0.1) is 5.92 Å². The molecular weight excluding hydrogens is 176 g/mol. The van der Waals surface area contributed by atoms with Crippen molar-refractivity contribution in [1.29, 1.82) is 0 Å². The monoisotopic (exact) mass is 198 g/mol. The number of hydrogen-bond donors (Lipinski definition) is 0. The summed E-state index contributed by atoms with van der Waals surface area (Å²) in [4.78, 5) is 0. The fourth-order valence-corrected chi connectivity index (χ4v) is 1.94. The predicted octanol–water partition coefficient (Wildman–Crippen LogP) is 2.78. The van der Waals surface area contributed by atoms with Crippen LogP contribution in [-0.2, 0) is 9.47 Å². The first-order valence-electron chi connectivity index (χ1n) is 5.55. The van der Waals surface area contributed by atoms with Gasteiger partial charge in [0.15, 0.2) is 0 Å². The van der Waals surface area contributed by atoms with Crippen LogP contribution in [0.5, 0.6) is 0 Å². The molecule has 2 heteroatoms. The summed E-state index contributed by atoms with van der Waals surface area (Å²) >= 11 is 0. The zero-order valence-corrected chi connectivity index (χ0v) is 9.58. The first-order valence-corrected chi connectivity index (χ1v) is 5.55. The summed E-state index contributed by atoms with van der Waals surface area (Å²) in [6, 6.07) is 0. The molecule has 0 N–H and O–H groups in total. The summed E-state index contributed by atoms with van der Waals surface area (Å²) in [5, 5.41) is 0. The zero-order chi connectivity index (χ0) is 10.4. The molecule has 0 aliphatic heterocycles. The van der Waals surface area contributed by atoms with Crippen molar-refractivity contribution in [3.63, 3.8) is 0 Å². The Morgan fingerprint density at radius 1 is 1.36 bits per heavy atom. The highest BCUT2D eigenvalue weighted by Crippen LogP contribution is 2.26. The van der Waals surface area contributed by atoms with Crippen LogP contribution in [0.15, 0.2) is 11.6 Å². The lowest BCUT2D eigenvalue weighted by Crippen LogP contribution is -2.23. The van der Waals surface area contributed by atoms with Gasteiger partial charge < -0.3 is 9.47 Å². The first kappa shape index (κ1) is 11.7. The molecule has 14 heavy (non-hydrogen) atoms. The Labute approximate surface area is 87.3 Å². The van der Waals surface area contributed by atoms with Crippen molar-refractivity contribution >= 4 is 0 Å². The molecule has 0 saturated heterocycles. The van der Waals surface area contributed by atoms with Crippen LogP contribution in [0.2, 0.25) is 0 Å². The molecule has 0 amide bonds. The van der Waals surface area contributed by atoms with Crippen LogP contribution >= 0.6 is 0 Å². The SMILES string of the molecule is COCCO[C@@H](C1=CCCC1)C(C)C. The summed E-state index contributed by atoms with van der Waals surface area (Å²) in [6.07, 6.45) is 6.40. The van der Waals surface area contributed by atoms with Crippen LogP contribution in [0.3, 0.4) is 0 Å². The largest absolute Gasteiger partial charge is 0.382 e. The van der Waals surface area contributed by atoms with Crippen molar-refractivity contribution in [2.24, 2.45) is 5.92 Å². The standard InChI is InChI=1S/C12H22O2/c1-10(2)12(14-9-8-13-3)11-6-4-5-7-11/h6,10,12H,4-5,7-9H2,1-3H3/t12-/m1/s1. The average Bonchev–Trinajstić information content (AvgIpc) is 2.64. The molecule has 0 unspecified atom stereocenters. The van der Waals surface area contributed by atoms with Gasteiger partial charge in [-0.3, -0.25) is 0 Å². The molecule has 1 atom stereocenters. The molecule has 0 radical (unpaired) electrons. The quantitative estimate of drug-likeness (QED) is 0.482. The highest BCUT2D eigenvalue weighted by atomic mass is 16.5. The van der Waals surface area contributed by atoms with Gasteiger partial charge in [0.1, 0.15) is 0 Å². The Kier molecular flexibility index (Phi) is 5.20. The molecule has 0 fully saturated rings. The van der Waals surface area contributed by atoms with E-state index in [-0.39, 0.29) is 0 Å². The van der Waals surface area contributed by atoms with Gasteiger partial charge in [0.2, 0.25) is 0 Å². The van der Waals surface area contributed by atoms with Crippen LogP contribution in [0.4, 0.5) is 0 Å². The summed E-state index contributed by atoms with van der Waals surface area (Å²) in [5.41, 5.74) is 1.50. The van der Waals surface area contributed by atoms with E-state index < -0.39 is 0 Å². The van der Waals surface area contributed by atoms with Gasteiger partial charge in [-0.25, -0.2) is 0 Å². The number of ether oxygens (including phenoxy) is 2. The van der Waals surface area contributed by atoms with E-state index in [1.54, 1.807) is 7.11 Å². The van der Waals surface area contributed by atoms with Crippen molar-refractivity contribution in [2.75, 3.05) is 20.3 Å². The molecular formula is C12H22O2. The van der Waals surface area contributed by atoms with Gasteiger partial charge in [-0.05, 0) is 30.8 Å². The Bertz CT molecular complexity index is 185. The van der Waals surface area contributed by atoms with E-state index in [9.17, 15) is 0 Å². The molecule has 0 aromatic carbocycles. The van der Waals surface area contributed by atoms with Crippen molar-refractivity contribution in [3.8, 4) is 0 Å². The predicted molar refractivity (Wildman–Crippen MR) is 58.4 cm³/mol. The van der Waals surface area contributed by atoms with Gasteiger partial charge in [-0.15, -0.1) is 0 Å². The molecule has 0 heterocycles. The summed E-state index contributed by atoms with van der Waals surface area (Å²) in [5.74, 6) is 0.566. The van der Waals surface area contributed by atoms with Gasteiger partial charge in [0.25, 0.3) is 0 Å². The highest BCUT2D eigenvalue weighted by molar-refractivity contribution is 5.13. The van der Waals surface area contributed by atoms with Gasteiger partial charge in [-0.2, -0.15) is 0 Å². The minimum absolute atomic E-state index is 0.313. The number of allylic oxidation sites excluding steroid dienone is 1. The van der Waals surface area contributed by atoms with Gasteiger partial charge in [0.05, 0.1) is 19.3 Å². The second-order valence-electron chi connectivity index (χ2n) is 4.20. The van der Waals surface area contributed by atoms with E-state index in [1.807, 2.05) is 0 Å². The maximum Gasteiger partial charge on any atom is 0.0809 e. The second-order valence-corrected chi connectivity index (χ2v) is 4.20. The number of methoxy groups -OCH3 is 1.